The zero-order valence-corrected chi connectivity index (χ0v) is 12.0. The van der Waals surface area contributed by atoms with Crippen molar-refractivity contribution in [1.82, 2.24) is 4.98 Å². The van der Waals surface area contributed by atoms with Gasteiger partial charge in [0.15, 0.2) is 0 Å². The van der Waals surface area contributed by atoms with Crippen molar-refractivity contribution in [2.45, 2.75) is 38.5 Å². The van der Waals surface area contributed by atoms with Crippen LogP contribution in [-0.2, 0) is 11.8 Å². The number of nitrogens with zero attached hydrogens (tertiary/aromatic N) is 2. The topological polar surface area (TPSA) is 36.7 Å². The first-order chi connectivity index (χ1) is 9.18. The fraction of sp³-hybridized carbons (Fsp3) is 0.375. The Kier molecular flexibility index (Phi) is 2.91. The van der Waals surface area contributed by atoms with E-state index in [0.29, 0.717) is 0 Å². The zero-order chi connectivity index (χ0) is 13.5. The first-order valence-electron chi connectivity index (χ1n) is 6.67. The van der Waals surface area contributed by atoms with E-state index >= 15 is 0 Å². The normalized spacial score (nSPS) is 16.1. The van der Waals surface area contributed by atoms with Gasteiger partial charge in [-0.25, -0.2) is 4.98 Å². The average Bonchev–Trinajstić information content (AvgIpc) is 3.15. The molecule has 3 rings (SSSR count). The Morgan fingerprint density at radius 3 is 2.53 bits per heavy atom. The number of thiazole rings is 1. The zero-order valence-electron chi connectivity index (χ0n) is 11.2. The molecule has 1 aliphatic carbocycles. The summed E-state index contributed by atoms with van der Waals surface area (Å²) in [6, 6.07) is 11.0. The van der Waals surface area contributed by atoms with Gasteiger partial charge in [-0.3, -0.25) is 0 Å². The van der Waals surface area contributed by atoms with E-state index in [0.717, 1.165) is 35.5 Å². The third-order valence-electron chi connectivity index (χ3n) is 3.80. The Labute approximate surface area is 117 Å². The van der Waals surface area contributed by atoms with Crippen LogP contribution in [0.25, 0.3) is 10.6 Å². The number of nitriles is 1. The van der Waals surface area contributed by atoms with Gasteiger partial charge in [-0.15, -0.1) is 11.3 Å². The van der Waals surface area contributed by atoms with Crippen molar-refractivity contribution in [1.29, 1.82) is 5.26 Å². The highest BCUT2D eigenvalue weighted by molar-refractivity contribution is 7.15. The molecule has 0 atom stereocenters. The minimum Gasteiger partial charge on any atom is -0.241 e. The highest BCUT2D eigenvalue weighted by atomic mass is 32.1. The molecule has 0 amide bonds. The maximum absolute atomic E-state index is 9.31. The molecule has 1 aromatic heterocycles. The van der Waals surface area contributed by atoms with Crippen LogP contribution in [0, 0.1) is 18.3 Å². The van der Waals surface area contributed by atoms with E-state index in [1.54, 1.807) is 11.3 Å². The summed E-state index contributed by atoms with van der Waals surface area (Å²) >= 11 is 1.69. The van der Waals surface area contributed by atoms with Gasteiger partial charge in [0, 0.05) is 10.4 Å². The predicted molar refractivity (Wildman–Crippen MR) is 78.2 cm³/mol. The Morgan fingerprint density at radius 2 is 2.00 bits per heavy atom. The maximum Gasteiger partial charge on any atom is 0.123 e. The lowest BCUT2D eigenvalue weighted by Gasteiger charge is -2.01. The van der Waals surface area contributed by atoms with Crippen LogP contribution in [0.1, 0.15) is 35.9 Å². The second-order valence-electron chi connectivity index (χ2n) is 5.18. The molecule has 0 saturated heterocycles. The van der Waals surface area contributed by atoms with Crippen LogP contribution >= 0.6 is 11.3 Å². The smallest absolute Gasteiger partial charge is 0.123 e. The first kappa shape index (κ1) is 12.4. The van der Waals surface area contributed by atoms with Gasteiger partial charge in [0.1, 0.15) is 5.01 Å². The number of hydrogen-bond acceptors (Lipinski definition) is 3. The average molecular weight is 268 g/mol. The number of benzene rings is 1. The molecule has 1 saturated carbocycles. The highest BCUT2D eigenvalue weighted by Gasteiger charge is 2.47. The van der Waals surface area contributed by atoms with E-state index in [1.165, 1.54) is 10.4 Å². The molecule has 2 nitrogen and oxygen atoms in total. The molecule has 0 aliphatic heterocycles. The summed E-state index contributed by atoms with van der Waals surface area (Å²) in [4.78, 5) is 5.83. The maximum atomic E-state index is 9.31. The number of aryl methyl sites for hydroxylation is 2. The molecule has 0 radical (unpaired) electrons. The van der Waals surface area contributed by atoms with Crippen molar-refractivity contribution < 1.29 is 0 Å². The number of rotatable bonds is 3. The van der Waals surface area contributed by atoms with Gasteiger partial charge >= 0.3 is 0 Å². The molecule has 3 heteroatoms. The van der Waals surface area contributed by atoms with Gasteiger partial charge < -0.3 is 0 Å². The van der Waals surface area contributed by atoms with Crippen LogP contribution in [0.2, 0.25) is 0 Å². The summed E-state index contributed by atoms with van der Waals surface area (Å²) in [5.41, 5.74) is 3.31. The van der Waals surface area contributed by atoms with Crippen LogP contribution in [0.15, 0.2) is 24.3 Å². The summed E-state index contributed by atoms with van der Waals surface area (Å²) in [6.07, 6.45) is 3.03. The van der Waals surface area contributed by atoms with E-state index in [-0.39, 0.29) is 5.41 Å². The van der Waals surface area contributed by atoms with Gasteiger partial charge in [-0.2, -0.15) is 5.26 Å². The van der Waals surface area contributed by atoms with Gasteiger partial charge in [0.2, 0.25) is 0 Å². The van der Waals surface area contributed by atoms with Crippen molar-refractivity contribution in [2.75, 3.05) is 0 Å². The third-order valence-corrected chi connectivity index (χ3v) is 5.22. The molecule has 0 N–H and O–H groups in total. The lowest BCUT2D eigenvalue weighted by Crippen LogP contribution is -2.01. The summed E-state index contributed by atoms with van der Waals surface area (Å²) in [5.74, 6) is 0. The van der Waals surface area contributed by atoms with Crippen molar-refractivity contribution in [3.8, 4) is 16.6 Å². The summed E-state index contributed by atoms with van der Waals surface area (Å²) < 4.78 is 0. The van der Waals surface area contributed by atoms with Crippen molar-refractivity contribution >= 4 is 11.3 Å². The Balaban J connectivity index is 1.98. The largest absolute Gasteiger partial charge is 0.241 e. The van der Waals surface area contributed by atoms with Gasteiger partial charge in [-0.05, 0) is 31.7 Å². The van der Waals surface area contributed by atoms with Crippen molar-refractivity contribution in [2.24, 2.45) is 0 Å². The molecule has 0 spiro atoms. The molecule has 96 valence electrons. The molecular formula is C16H16N2S. The van der Waals surface area contributed by atoms with E-state index in [4.69, 9.17) is 0 Å². The van der Waals surface area contributed by atoms with Gasteiger partial charge in [-0.1, -0.05) is 31.2 Å². The predicted octanol–water partition coefficient (Wildman–Crippen LogP) is 4.24. The van der Waals surface area contributed by atoms with Gasteiger partial charge in [0.25, 0.3) is 0 Å². The second-order valence-corrected chi connectivity index (χ2v) is 6.18. The minimum absolute atomic E-state index is 0.219. The molecule has 0 unspecified atom stereocenters. The van der Waals surface area contributed by atoms with Crippen LogP contribution in [0.5, 0.6) is 0 Å². The van der Waals surface area contributed by atoms with Crippen LogP contribution < -0.4 is 0 Å². The van der Waals surface area contributed by atoms with Crippen LogP contribution in [0.3, 0.4) is 0 Å². The summed E-state index contributed by atoms with van der Waals surface area (Å²) in [5, 5.41) is 10.4. The van der Waals surface area contributed by atoms with E-state index in [1.807, 2.05) is 6.92 Å². The van der Waals surface area contributed by atoms with Crippen molar-refractivity contribution in [3.05, 3.63) is 40.4 Å². The monoisotopic (exact) mass is 268 g/mol. The Bertz CT molecular complexity index is 642. The highest BCUT2D eigenvalue weighted by Crippen LogP contribution is 2.51. The van der Waals surface area contributed by atoms with E-state index < -0.39 is 0 Å². The van der Waals surface area contributed by atoms with E-state index in [2.05, 4.69) is 42.2 Å². The molecular weight excluding hydrogens is 252 g/mol. The summed E-state index contributed by atoms with van der Waals surface area (Å²) in [7, 11) is 0. The fourth-order valence-corrected chi connectivity index (χ4v) is 3.63. The molecule has 19 heavy (non-hydrogen) atoms. The van der Waals surface area contributed by atoms with Gasteiger partial charge in [0.05, 0.1) is 17.2 Å². The van der Waals surface area contributed by atoms with Crippen LogP contribution in [0.4, 0.5) is 0 Å². The molecule has 1 aliphatic rings. The summed E-state index contributed by atoms with van der Waals surface area (Å²) in [6.45, 7) is 4.18. The quantitative estimate of drug-likeness (QED) is 0.835. The molecule has 2 aromatic rings. The second kappa shape index (κ2) is 4.47. The van der Waals surface area contributed by atoms with E-state index in [9.17, 15) is 5.26 Å². The van der Waals surface area contributed by atoms with Crippen LogP contribution in [-0.4, -0.2) is 4.98 Å². The lowest BCUT2D eigenvalue weighted by atomic mass is 10.1. The molecule has 0 bridgehead atoms. The first-order valence-corrected chi connectivity index (χ1v) is 7.48. The molecule has 1 aromatic carbocycles. The fourth-order valence-electron chi connectivity index (χ4n) is 2.36. The standard InChI is InChI=1S/C16H16N2S/c1-3-12-4-6-13(7-5-12)15-18-11(2)14(19-15)16(10-17)8-9-16/h4-7H,3,8-9H2,1-2H3. The third kappa shape index (κ3) is 2.06. The molecule has 1 heterocycles. The SMILES string of the molecule is CCc1ccc(-c2nc(C)c(C3(C#N)CC3)s2)cc1. The Hall–Kier alpha value is -1.66. The number of aromatic nitrogens is 1. The Morgan fingerprint density at radius 1 is 1.32 bits per heavy atom. The van der Waals surface area contributed by atoms with Crippen molar-refractivity contribution in [3.63, 3.8) is 0 Å². The minimum atomic E-state index is -0.219. The molecule has 1 fully saturated rings. The number of hydrogen-bond donors (Lipinski definition) is 0. The lowest BCUT2D eigenvalue weighted by molar-refractivity contribution is 0.914.